The molecule has 2 unspecified atom stereocenters. The third kappa shape index (κ3) is 7.04. The van der Waals surface area contributed by atoms with Crippen molar-refractivity contribution in [1.29, 1.82) is 0 Å². The molecule has 0 radical (unpaired) electrons. The van der Waals surface area contributed by atoms with Crippen LogP contribution in [0.1, 0.15) is 42.3 Å². The van der Waals surface area contributed by atoms with E-state index in [9.17, 15) is 22.8 Å². The van der Waals surface area contributed by atoms with Crippen molar-refractivity contribution in [3.8, 4) is 0 Å². The van der Waals surface area contributed by atoms with Crippen molar-refractivity contribution in [2.24, 2.45) is 0 Å². The first kappa shape index (κ1) is 25.7. The zero-order valence-corrected chi connectivity index (χ0v) is 19.6. The molecule has 34 heavy (non-hydrogen) atoms. The summed E-state index contributed by atoms with van der Waals surface area (Å²) in [4.78, 5) is 27.3. The number of amides is 2. The SMILES string of the molecule is CCN(Cc1cccc(NC(=O)c2ccc(CN3CC(C)OC(C)C3)cc2)c1)C(=O)C(F)(F)F. The van der Waals surface area contributed by atoms with Gasteiger partial charge in [-0.1, -0.05) is 24.3 Å². The number of benzene rings is 2. The minimum absolute atomic E-state index is 0.0798. The van der Waals surface area contributed by atoms with E-state index in [0.717, 1.165) is 30.1 Å². The number of halogens is 3. The molecule has 3 rings (SSSR count). The summed E-state index contributed by atoms with van der Waals surface area (Å²) in [5.41, 5.74) is 2.49. The highest BCUT2D eigenvalue weighted by Crippen LogP contribution is 2.21. The maximum absolute atomic E-state index is 12.8. The number of carbonyl (C=O) groups excluding carboxylic acids is 2. The second kappa shape index (κ2) is 11.0. The summed E-state index contributed by atoms with van der Waals surface area (Å²) in [7, 11) is 0. The molecule has 1 aliphatic heterocycles. The third-order valence-corrected chi connectivity index (χ3v) is 5.59. The lowest BCUT2D eigenvalue weighted by Gasteiger charge is -2.35. The summed E-state index contributed by atoms with van der Waals surface area (Å²) in [6.45, 7) is 7.79. The molecule has 2 amide bonds. The van der Waals surface area contributed by atoms with Crippen LogP contribution in [0.2, 0.25) is 0 Å². The van der Waals surface area contributed by atoms with Gasteiger partial charge in [0.1, 0.15) is 0 Å². The highest BCUT2D eigenvalue weighted by atomic mass is 19.4. The second-order valence-corrected chi connectivity index (χ2v) is 8.62. The zero-order valence-electron chi connectivity index (χ0n) is 19.6. The number of nitrogens with one attached hydrogen (secondary N) is 1. The number of hydrogen-bond donors (Lipinski definition) is 1. The molecule has 6 nitrogen and oxygen atoms in total. The van der Waals surface area contributed by atoms with Gasteiger partial charge in [-0.3, -0.25) is 14.5 Å². The van der Waals surface area contributed by atoms with Crippen LogP contribution in [0, 0.1) is 0 Å². The second-order valence-electron chi connectivity index (χ2n) is 8.62. The molecule has 2 aromatic rings. The highest BCUT2D eigenvalue weighted by molar-refractivity contribution is 6.04. The zero-order chi connectivity index (χ0) is 24.9. The van der Waals surface area contributed by atoms with Gasteiger partial charge in [0.25, 0.3) is 5.91 Å². The molecule has 0 aromatic heterocycles. The normalized spacial score (nSPS) is 19.0. The third-order valence-electron chi connectivity index (χ3n) is 5.59. The van der Waals surface area contributed by atoms with Crippen LogP contribution in [0.4, 0.5) is 18.9 Å². The van der Waals surface area contributed by atoms with E-state index in [-0.39, 0.29) is 31.2 Å². The Morgan fingerprint density at radius 3 is 2.29 bits per heavy atom. The van der Waals surface area contributed by atoms with Gasteiger partial charge in [-0.2, -0.15) is 13.2 Å². The first-order valence-corrected chi connectivity index (χ1v) is 11.3. The molecule has 0 aliphatic carbocycles. The van der Waals surface area contributed by atoms with Crippen molar-refractivity contribution >= 4 is 17.5 Å². The van der Waals surface area contributed by atoms with E-state index >= 15 is 0 Å². The number of rotatable bonds is 7. The minimum atomic E-state index is -4.92. The summed E-state index contributed by atoms with van der Waals surface area (Å²) < 4.78 is 44.1. The summed E-state index contributed by atoms with van der Waals surface area (Å²) in [5, 5.41) is 2.77. The Balaban J connectivity index is 1.60. The van der Waals surface area contributed by atoms with Crippen molar-refractivity contribution in [3.05, 3.63) is 65.2 Å². The van der Waals surface area contributed by atoms with Crippen LogP contribution in [0.15, 0.2) is 48.5 Å². The maximum atomic E-state index is 12.8. The number of ether oxygens (including phenoxy) is 1. The maximum Gasteiger partial charge on any atom is 0.471 e. The van der Waals surface area contributed by atoms with Crippen molar-refractivity contribution < 1.29 is 27.5 Å². The van der Waals surface area contributed by atoms with Crippen molar-refractivity contribution in [1.82, 2.24) is 9.80 Å². The summed E-state index contributed by atoms with van der Waals surface area (Å²) in [5.74, 6) is -2.21. The summed E-state index contributed by atoms with van der Waals surface area (Å²) in [6.07, 6.45) is -4.56. The fourth-order valence-electron chi connectivity index (χ4n) is 4.11. The van der Waals surface area contributed by atoms with Crippen LogP contribution in [0.3, 0.4) is 0 Å². The van der Waals surface area contributed by atoms with E-state index in [1.54, 1.807) is 36.4 Å². The van der Waals surface area contributed by atoms with Crippen LogP contribution >= 0.6 is 0 Å². The minimum Gasteiger partial charge on any atom is -0.373 e. The first-order chi connectivity index (χ1) is 16.0. The van der Waals surface area contributed by atoms with E-state index < -0.39 is 12.1 Å². The summed E-state index contributed by atoms with van der Waals surface area (Å²) in [6, 6.07) is 13.8. The van der Waals surface area contributed by atoms with Crippen molar-refractivity contribution in [2.45, 2.75) is 52.2 Å². The number of hydrogen-bond acceptors (Lipinski definition) is 4. The molecule has 9 heteroatoms. The van der Waals surface area contributed by atoms with E-state index in [4.69, 9.17) is 4.74 Å². The van der Waals surface area contributed by atoms with Gasteiger partial charge < -0.3 is 15.0 Å². The monoisotopic (exact) mass is 477 g/mol. The van der Waals surface area contributed by atoms with Gasteiger partial charge in [-0.15, -0.1) is 0 Å². The van der Waals surface area contributed by atoms with Crippen LogP contribution in [-0.4, -0.2) is 59.6 Å². The van der Waals surface area contributed by atoms with Gasteiger partial charge in [-0.05, 0) is 56.2 Å². The lowest BCUT2D eigenvalue weighted by atomic mass is 10.1. The van der Waals surface area contributed by atoms with Crippen LogP contribution in [-0.2, 0) is 22.6 Å². The van der Waals surface area contributed by atoms with Gasteiger partial charge in [0.15, 0.2) is 0 Å². The van der Waals surface area contributed by atoms with Gasteiger partial charge in [0.05, 0.1) is 12.2 Å². The number of anilines is 1. The average molecular weight is 478 g/mol. The van der Waals surface area contributed by atoms with E-state index in [1.165, 1.54) is 6.92 Å². The largest absolute Gasteiger partial charge is 0.471 e. The Morgan fingerprint density at radius 1 is 1.06 bits per heavy atom. The number of nitrogens with zero attached hydrogens (tertiary/aromatic N) is 2. The molecule has 0 saturated carbocycles. The Labute approximate surface area is 197 Å². The molecule has 1 fully saturated rings. The topological polar surface area (TPSA) is 61.9 Å². The molecule has 1 heterocycles. The lowest BCUT2D eigenvalue weighted by molar-refractivity contribution is -0.185. The average Bonchev–Trinajstić information content (AvgIpc) is 2.76. The Bertz CT molecular complexity index is 985. The van der Waals surface area contributed by atoms with Crippen molar-refractivity contribution in [2.75, 3.05) is 25.0 Å². The van der Waals surface area contributed by atoms with Crippen LogP contribution in [0.25, 0.3) is 0 Å². The molecule has 2 aromatic carbocycles. The molecule has 1 N–H and O–H groups in total. The fraction of sp³-hybridized carbons (Fsp3) is 0.440. The molecular weight excluding hydrogens is 447 g/mol. The number of alkyl halides is 3. The fourth-order valence-corrected chi connectivity index (χ4v) is 4.11. The van der Waals surface area contributed by atoms with Gasteiger partial charge in [-0.25, -0.2) is 0 Å². The van der Waals surface area contributed by atoms with E-state index in [2.05, 4.69) is 24.1 Å². The van der Waals surface area contributed by atoms with E-state index in [1.807, 2.05) is 12.1 Å². The smallest absolute Gasteiger partial charge is 0.373 e. The molecule has 184 valence electrons. The number of carbonyl (C=O) groups is 2. The Morgan fingerprint density at radius 2 is 1.71 bits per heavy atom. The van der Waals surface area contributed by atoms with Crippen LogP contribution < -0.4 is 5.32 Å². The molecule has 2 atom stereocenters. The van der Waals surface area contributed by atoms with Gasteiger partial charge in [0, 0.05) is 44.0 Å². The standard InChI is InChI=1S/C25H30F3N3O3/c1-4-31(24(33)25(26,27)28)16-20-6-5-7-22(12-20)29-23(32)21-10-8-19(9-11-21)15-30-13-17(2)34-18(3)14-30/h5-12,17-18H,4,13-16H2,1-3H3,(H,29,32). The lowest BCUT2D eigenvalue weighted by Crippen LogP contribution is -2.44. The van der Waals surface area contributed by atoms with Crippen molar-refractivity contribution in [3.63, 3.8) is 0 Å². The van der Waals surface area contributed by atoms with E-state index in [0.29, 0.717) is 16.8 Å². The molecule has 0 bridgehead atoms. The summed E-state index contributed by atoms with van der Waals surface area (Å²) >= 11 is 0. The Hall–Kier alpha value is -2.91. The predicted octanol–water partition coefficient (Wildman–Crippen LogP) is 4.46. The quantitative estimate of drug-likeness (QED) is 0.640. The highest BCUT2D eigenvalue weighted by Gasteiger charge is 2.41. The molecule has 1 aliphatic rings. The molecule has 1 saturated heterocycles. The first-order valence-electron chi connectivity index (χ1n) is 11.3. The molecule has 0 spiro atoms. The van der Waals surface area contributed by atoms with Crippen LogP contribution in [0.5, 0.6) is 0 Å². The molecular formula is C25H30F3N3O3. The van der Waals surface area contributed by atoms with Gasteiger partial charge >= 0.3 is 12.1 Å². The number of morpholine rings is 1. The van der Waals surface area contributed by atoms with Gasteiger partial charge in [0.2, 0.25) is 0 Å². The Kier molecular flexibility index (Phi) is 8.33. The predicted molar refractivity (Wildman–Crippen MR) is 123 cm³/mol.